The van der Waals surface area contributed by atoms with Crippen molar-refractivity contribution in [3.63, 3.8) is 0 Å². The Kier molecular flexibility index (Phi) is 2.67. The number of nitrogens with zero attached hydrogens (tertiary/aromatic N) is 1. The van der Waals surface area contributed by atoms with Crippen molar-refractivity contribution in [3.8, 4) is 6.07 Å². The van der Waals surface area contributed by atoms with Crippen molar-refractivity contribution in [3.05, 3.63) is 44.7 Å². The quantitative estimate of drug-likeness (QED) is 0.822. The molecule has 80 valence electrons. The molecule has 0 aliphatic carbocycles. The molecule has 0 bridgehead atoms. The number of nitrogens with one attached hydrogen (secondary N) is 1. The second-order valence-electron chi connectivity index (χ2n) is 3.58. The average molecular weight is 233 g/mol. The summed E-state index contributed by atoms with van der Waals surface area (Å²) in [5.74, 6) is 0. The maximum atomic E-state index is 12.1. The molecule has 0 saturated heterocycles. The molecule has 4 heteroatoms. The number of aromatic amines is 1. The standard InChI is InChI=1S/C12H9ClN2O/c1-7-9(4-5-14)12(16)10-6-8(13)2-3-11(10)15-7/h2-3,6H,4H2,1H3,(H,15,16). The summed E-state index contributed by atoms with van der Waals surface area (Å²) in [6.07, 6.45) is 0.115. The van der Waals surface area contributed by atoms with Gasteiger partial charge in [-0.1, -0.05) is 11.6 Å². The predicted octanol–water partition coefficient (Wildman–Crippen LogP) is 2.56. The second kappa shape index (κ2) is 3.99. The van der Waals surface area contributed by atoms with Crippen LogP contribution < -0.4 is 5.43 Å². The van der Waals surface area contributed by atoms with Gasteiger partial charge in [0.1, 0.15) is 0 Å². The molecule has 3 nitrogen and oxygen atoms in total. The summed E-state index contributed by atoms with van der Waals surface area (Å²) in [5.41, 5.74) is 1.88. The number of halogens is 1. The Morgan fingerprint density at radius 1 is 1.50 bits per heavy atom. The molecule has 0 spiro atoms. The first kappa shape index (κ1) is 10.7. The highest BCUT2D eigenvalue weighted by atomic mass is 35.5. The molecule has 0 saturated carbocycles. The van der Waals surface area contributed by atoms with Gasteiger partial charge in [0.15, 0.2) is 5.43 Å². The van der Waals surface area contributed by atoms with E-state index in [1.165, 1.54) is 0 Å². The maximum absolute atomic E-state index is 12.1. The van der Waals surface area contributed by atoms with Crippen molar-refractivity contribution in [2.75, 3.05) is 0 Å². The summed E-state index contributed by atoms with van der Waals surface area (Å²) in [4.78, 5) is 15.2. The van der Waals surface area contributed by atoms with E-state index in [9.17, 15) is 4.79 Å². The van der Waals surface area contributed by atoms with E-state index in [4.69, 9.17) is 16.9 Å². The molecule has 1 aromatic heterocycles. The molecule has 0 atom stereocenters. The van der Waals surface area contributed by atoms with Crippen molar-refractivity contribution >= 4 is 22.5 Å². The number of benzene rings is 1. The first-order valence-electron chi connectivity index (χ1n) is 4.81. The van der Waals surface area contributed by atoms with E-state index in [0.717, 1.165) is 11.2 Å². The highest BCUT2D eigenvalue weighted by molar-refractivity contribution is 6.31. The van der Waals surface area contributed by atoms with Crippen LogP contribution in [-0.2, 0) is 6.42 Å². The lowest BCUT2D eigenvalue weighted by Gasteiger charge is -2.05. The van der Waals surface area contributed by atoms with Crippen LogP contribution in [0.15, 0.2) is 23.0 Å². The minimum atomic E-state index is -0.115. The average Bonchev–Trinajstić information content (AvgIpc) is 2.26. The summed E-state index contributed by atoms with van der Waals surface area (Å²) in [7, 11) is 0. The molecule has 2 aromatic rings. The zero-order valence-electron chi connectivity index (χ0n) is 8.67. The van der Waals surface area contributed by atoms with Gasteiger partial charge in [-0.2, -0.15) is 5.26 Å². The molecule has 1 heterocycles. The number of aryl methyl sites for hydroxylation is 1. The Labute approximate surface area is 97.3 Å². The summed E-state index contributed by atoms with van der Waals surface area (Å²) < 4.78 is 0. The number of aromatic nitrogens is 1. The Hall–Kier alpha value is -1.79. The van der Waals surface area contributed by atoms with E-state index < -0.39 is 0 Å². The number of hydrogen-bond donors (Lipinski definition) is 1. The maximum Gasteiger partial charge on any atom is 0.193 e. The summed E-state index contributed by atoms with van der Waals surface area (Å²) in [6.45, 7) is 1.79. The van der Waals surface area contributed by atoms with Crippen LogP contribution in [0.4, 0.5) is 0 Å². The van der Waals surface area contributed by atoms with Crippen molar-refractivity contribution in [2.24, 2.45) is 0 Å². The zero-order chi connectivity index (χ0) is 11.7. The summed E-state index contributed by atoms with van der Waals surface area (Å²) >= 11 is 5.84. The molecule has 0 aliphatic rings. The van der Waals surface area contributed by atoms with Gasteiger partial charge >= 0.3 is 0 Å². The third-order valence-corrected chi connectivity index (χ3v) is 2.77. The van der Waals surface area contributed by atoms with Gasteiger partial charge in [-0.15, -0.1) is 0 Å². The van der Waals surface area contributed by atoms with Gasteiger partial charge < -0.3 is 4.98 Å². The predicted molar refractivity (Wildman–Crippen MR) is 63.6 cm³/mol. The van der Waals surface area contributed by atoms with Crippen molar-refractivity contribution in [2.45, 2.75) is 13.3 Å². The van der Waals surface area contributed by atoms with E-state index in [-0.39, 0.29) is 11.8 Å². The smallest absolute Gasteiger partial charge is 0.193 e. The number of H-pyrrole nitrogens is 1. The Morgan fingerprint density at radius 3 is 2.94 bits per heavy atom. The van der Waals surface area contributed by atoms with E-state index >= 15 is 0 Å². The normalized spacial score (nSPS) is 10.3. The molecular formula is C12H9ClN2O. The van der Waals surface area contributed by atoms with E-state index in [1.54, 1.807) is 25.1 Å². The molecule has 0 aliphatic heterocycles. The third-order valence-electron chi connectivity index (χ3n) is 2.53. The summed E-state index contributed by atoms with van der Waals surface area (Å²) in [5, 5.41) is 9.72. The van der Waals surface area contributed by atoms with E-state index in [2.05, 4.69) is 4.98 Å². The van der Waals surface area contributed by atoms with Gasteiger partial charge in [0.25, 0.3) is 0 Å². The monoisotopic (exact) mass is 232 g/mol. The van der Waals surface area contributed by atoms with Crippen LogP contribution in [0.25, 0.3) is 10.9 Å². The minimum absolute atomic E-state index is 0.115. The first-order chi connectivity index (χ1) is 7.63. The lowest BCUT2D eigenvalue weighted by Crippen LogP contribution is -2.12. The Balaban J connectivity index is 2.86. The van der Waals surface area contributed by atoms with Gasteiger partial charge in [-0.25, -0.2) is 0 Å². The van der Waals surface area contributed by atoms with Gasteiger partial charge in [0.2, 0.25) is 0 Å². The van der Waals surface area contributed by atoms with E-state index in [1.807, 2.05) is 6.07 Å². The molecule has 0 fully saturated rings. The Bertz CT molecular complexity index is 652. The van der Waals surface area contributed by atoms with Crippen molar-refractivity contribution < 1.29 is 0 Å². The van der Waals surface area contributed by atoms with Gasteiger partial charge in [-0.3, -0.25) is 4.79 Å². The molecule has 0 radical (unpaired) electrons. The van der Waals surface area contributed by atoms with Crippen LogP contribution in [0.5, 0.6) is 0 Å². The highest BCUT2D eigenvalue weighted by Crippen LogP contribution is 2.16. The molecule has 0 amide bonds. The molecule has 1 N–H and O–H groups in total. The van der Waals surface area contributed by atoms with Crippen molar-refractivity contribution in [1.82, 2.24) is 4.98 Å². The number of nitriles is 1. The SMILES string of the molecule is Cc1[nH]c2ccc(Cl)cc2c(=O)c1CC#N. The van der Waals surface area contributed by atoms with Crippen LogP contribution in [0.1, 0.15) is 11.3 Å². The molecular weight excluding hydrogens is 224 g/mol. The van der Waals surface area contributed by atoms with Crippen molar-refractivity contribution in [1.29, 1.82) is 5.26 Å². The molecule has 0 unspecified atom stereocenters. The largest absolute Gasteiger partial charge is 0.358 e. The van der Waals surface area contributed by atoms with Crippen LogP contribution in [-0.4, -0.2) is 4.98 Å². The van der Waals surface area contributed by atoms with E-state index in [0.29, 0.717) is 16.0 Å². The molecule has 1 aromatic carbocycles. The minimum Gasteiger partial charge on any atom is -0.358 e. The lowest BCUT2D eigenvalue weighted by molar-refractivity contribution is 1.12. The third kappa shape index (κ3) is 1.68. The van der Waals surface area contributed by atoms with Gasteiger partial charge in [0.05, 0.1) is 12.5 Å². The van der Waals surface area contributed by atoms with Crippen LogP contribution >= 0.6 is 11.6 Å². The number of fused-ring (bicyclic) bond motifs is 1. The topological polar surface area (TPSA) is 56.6 Å². The lowest BCUT2D eigenvalue weighted by atomic mass is 10.1. The number of pyridine rings is 1. The molecule has 2 rings (SSSR count). The first-order valence-corrected chi connectivity index (χ1v) is 5.19. The zero-order valence-corrected chi connectivity index (χ0v) is 9.43. The second-order valence-corrected chi connectivity index (χ2v) is 4.02. The van der Waals surface area contributed by atoms with Crippen LogP contribution in [0.3, 0.4) is 0 Å². The van der Waals surface area contributed by atoms with Gasteiger partial charge in [-0.05, 0) is 25.1 Å². The fraction of sp³-hybridized carbons (Fsp3) is 0.167. The van der Waals surface area contributed by atoms with Gasteiger partial charge in [0, 0.05) is 27.2 Å². The fourth-order valence-electron chi connectivity index (χ4n) is 1.72. The molecule has 16 heavy (non-hydrogen) atoms. The Morgan fingerprint density at radius 2 is 2.25 bits per heavy atom. The number of hydrogen-bond acceptors (Lipinski definition) is 2. The van der Waals surface area contributed by atoms with Crippen LogP contribution in [0, 0.1) is 18.3 Å². The van der Waals surface area contributed by atoms with Crippen LogP contribution in [0.2, 0.25) is 5.02 Å². The number of rotatable bonds is 1. The highest BCUT2D eigenvalue weighted by Gasteiger charge is 2.08. The summed E-state index contributed by atoms with van der Waals surface area (Å²) in [6, 6.07) is 7.10. The fourth-order valence-corrected chi connectivity index (χ4v) is 1.89.